The number of hydrogen-bond acceptors (Lipinski definition) is 6. The van der Waals surface area contributed by atoms with E-state index >= 15 is 0 Å². The van der Waals surface area contributed by atoms with E-state index in [1.807, 2.05) is 0 Å². The number of rotatable bonds is 33. The maximum Gasteiger partial charge on any atom is 0.320 e. The van der Waals surface area contributed by atoms with Gasteiger partial charge in [-0.05, 0) is 91.1 Å². The average molecular weight is 682 g/mol. The SMILES string of the molecule is CC/C=C\C/C=C\C/C=C\CCCCCCCC(=O)C(O)C(COC(=O)CN(C)C)C(=O)CCCCCCC/C=C\C/C=C\C/C=C\CC. The number of aliphatic hydroxyl groups excluding tert-OH is 1. The first-order chi connectivity index (χ1) is 23.8. The largest absolute Gasteiger partial charge is 0.464 e. The lowest BCUT2D eigenvalue weighted by Crippen LogP contribution is -2.39. The van der Waals surface area contributed by atoms with Crippen molar-refractivity contribution in [1.82, 2.24) is 4.90 Å². The number of unbranched alkanes of at least 4 members (excludes halogenated alkanes) is 10. The lowest BCUT2D eigenvalue weighted by atomic mass is 9.90. The van der Waals surface area contributed by atoms with E-state index in [2.05, 4.69) is 86.8 Å². The molecule has 278 valence electrons. The molecule has 0 rings (SSSR count). The van der Waals surface area contributed by atoms with Gasteiger partial charge in [-0.15, -0.1) is 0 Å². The Morgan fingerprint density at radius 2 is 0.939 bits per heavy atom. The smallest absolute Gasteiger partial charge is 0.320 e. The molecular formula is C43H71NO5. The Kier molecular flexibility index (Phi) is 33.0. The van der Waals surface area contributed by atoms with Crippen molar-refractivity contribution in [3.8, 4) is 0 Å². The Bertz CT molecular complexity index is 1000. The second-order valence-corrected chi connectivity index (χ2v) is 13.1. The minimum Gasteiger partial charge on any atom is -0.464 e. The van der Waals surface area contributed by atoms with Gasteiger partial charge in [-0.1, -0.05) is 125 Å². The lowest BCUT2D eigenvalue weighted by Gasteiger charge is -2.21. The maximum atomic E-state index is 13.1. The third kappa shape index (κ3) is 30.9. The van der Waals surface area contributed by atoms with Gasteiger partial charge < -0.3 is 9.84 Å². The molecule has 0 aromatic carbocycles. The summed E-state index contributed by atoms with van der Waals surface area (Å²) in [5.74, 6) is -2.01. The van der Waals surface area contributed by atoms with E-state index < -0.39 is 18.0 Å². The van der Waals surface area contributed by atoms with Gasteiger partial charge in [0.25, 0.3) is 0 Å². The van der Waals surface area contributed by atoms with Crippen molar-refractivity contribution < 1.29 is 24.2 Å². The number of likely N-dealkylation sites (N-methyl/N-ethyl adjacent to an activating group) is 1. The Morgan fingerprint density at radius 3 is 1.39 bits per heavy atom. The second kappa shape index (κ2) is 35.0. The fraction of sp³-hybridized carbons (Fsp3) is 0.651. The van der Waals surface area contributed by atoms with Crippen molar-refractivity contribution in [2.75, 3.05) is 27.2 Å². The van der Waals surface area contributed by atoms with Crippen molar-refractivity contribution in [3.63, 3.8) is 0 Å². The minimum absolute atomic E-state index is 0.0806. The summed E-state index contributed by atoms with van der Waals surface area (Å²) in [5, 5.41) is 10.9. The first-order valence-electron chi connectivity index (χ1n) is 19.3. The molecule has 0 aliphatic heterocycles. The van der Waals surface area contributed by atoms with E-state index in [1.165, 1.54) is 0 Å². The van der Waals surface area contributed by atoms with E-state index in [0.29, 0.717) is 12.8 Å². The van der Waals surface area contributed by atoms with Gasteiger partial charge in [0.05, 0.1) is 12.5 Å². The molecule has 6 nitrogen and oxygen atoms in total. The van der Waals surface area contributed by atoms with Crippen molar-refractivity contribution in [2.45, 2.75) is 148 Å². The van der Waals surface area contributed by atoms with Gasteiger partial charge in [-0.3, -0.25) is 19.3 Å². The molecule has 0 aliphatic carbocycles. The predicted octanol–water partition coefficient (Wildman–Crippen LogP) is 10.4. The van der Waals surface area contributed by atoms with Gasteiger partial charge in [0, 0.05) is 12.8 Å². The summed E-state index contributed by atoms with van der Waals surface area (Å²) >= 11 is 0. The van der Waals surface area contributed by atoms with E-state index in [0.717, 1.165) is 103 Å². The maximum absolute atomic E-state index is 13.1. The van der Waals surface area contributed by atoms with Crippen LogP contribution in [0.5, 0.6) is 0 Å². The van der Waals surface area contributed by atoms with Crippen molar-refractivity contribution in [1.29, 1.82) is 0 Å². The van der Waals surface area contributed by atoms with Crippen molar-refractivity contribution in [3.05, 3.63) is 72.9 Å². The second-order valence-electron chi connectivity index (χ2n) is 13.1. The first kappa shape index (κ1) is 46.2. The quantitative estimate of drug-likeness (QED) is 0.0422. The molecule has 0 aromatic rings. The molecule has 0 saturated heterocycles. The van der Waals surface area contributed by atoms with Gasteiger partial charge in [0.15, 0.2) is 5.78 Å². The molecule has 0 amide bonds. The molecule has 0 spiro atoms. The molecule has 2 unspecified atom stereocenters. The third-order valence-corrected chi connectivity index (χ3v) is 8.14. The fourth-order valence-corrected chi connectivity index (χ4v) is 5.24. The Hall–Kier alpha value is -2.83. The average Bonchev–Trinajstić information content (AvgIpc) is 3.07. The molecule has 0 aliphatic rings. The number of allylic oxidation sites excluding steroid dienone is 12. The molecule has 0 aromatic heterocycles. The molecule has 0 heterocycles. The van der Waals surface area contributed by atoms with E-state index in [-0.39, 0.29) is 37.6 Å². The predicted molar refractivity (Wildman–Crippen MR) is 208 cm³/mol. The minimum atomic E-state index is -1.43. The van der Waals surface area contributed by atoms with E-state index in [1.54, 1.807) is 19.0 Å². The van der Waals surface area contributed by atoms with Crippen LogP contribution in [0.2, 0.25) is 0 Å². The zero-order valence-corrected chi connectivity index (χ0v) is 31.7. The zero-order chi connectivity index (χ0) is 36.2. The highest BCUT2D eigenvalue weighted by molar-refractivity contribution is 5.91. The van der Waals surface area contributed by atoms with Crippen LogP contribution in [-0.4, -0.2) is 60.9 Å². The van der Waals surface area contributed by atoms with Crippen LogP contribution >= 0.6 is 0 Å². The summed E-state index contributed by atoms with van der Waals surface area (Å²) in [5.41, 5.74) is 0. The molecule has 2 atom stereocenters. The highest BCUT2D eigenvalue weighted by Gasteiger charge is 2.32. The fourth-order valence-electron chi connectivity index (χ4n) is 5.24. The topological polar surface area (TPSA) is 83.9 Å². The van der Waals surface area contributed by atoms with Crippen LogP contribution in [0.25, 0.3) is 0 Å². The number of aliphatic hydroxyl groups is 1. The van der Waals surface area contributed by atoms with Crippen LogP contribution < -0.4 is 0 Å². The normalized spacial score (nSPS) is 13.8. The number of ether oxygens (including phenoxy) is 1. The molecule has 6 heteroatoms. The number of esters is 1. The summed E-state index contributed by atoms with van der Waals surface area (Å²) in [6, 6.07) is 0. The van der Waals surface area contributed by atoms with Gasteiger partial charge in [0.1, 0.15) is 18.5 Å². The van der Waals surface area contributed by atoms with Crippen LogP contribution in [0.1, 0.15) is 142 Å². The number of carbonyl (C=O) groups is 3. The van der Waals surface area contributed by atoms with Crippen molar-refractivity contribution in [2.24, 2.45) is 5.92 Å². The highest BCUT2D eigenvalue weighted by atomic mass is 16.5. The van der Waals surface area contributed by atoms with Gasteiger partial charge in [-0.25, -0.2) is 0 Å². The Labute approximate surface area is 300 Å². The van der Waals surface area contributed by atoms with Crippen LogP contribution in [0, 0.1) is 5.92 Å². The van der Waals surface area contributed by atoms with Crippen LogP contribution in [-0.2, 0) is 19.1 Å². The first-order valence-corrected chi connectivity index (χ1v) is 19.3. The van der Waals surface area contributed by atoms with Crippen LogP contribution in [0.3, 0.4) is 0 Å². The highest BCUT2D eigenvalue weighted by Crippen LogP contribution is 2.17. The van der Waals surface area contributed by atoms with Crippen molar-refractivity contribution >= 4 is 17.5 Å². The van der Waals surface area contributed by atoms with Gasteiger partial charge in [0.2, 0.25) is 0 Å². The third-order valence-electron chi connectivity index (χ3n) is 8.14. The number of Topliss-reactive ketones (excluding diaryl/α,β-unsaturated/α-hetero) is 2. The molecule has 0 radical (unpaired) electrons. The lowest BCUT2D eigenvalue weighted by molar-refractivity contribution is -0.151. The number of hydrogen-bond donors (Lipinski definition) is 1. The summed E-state index contributed by atoms with van der Waals surface area (Å²) in [4.78, 5) is 39.8. The Balaban J connectivity index is 4.40. The number of carbonyl (C=O) groups excluding carboxylic acids is 3. The van der Waals surface area contributed by atoms with Crippen LogP contribution in [0.15, 0.2) is 72.9 Å². The summed E-state index contributed by atoms with van der Waals surface area (Å²) in [6.45, 7) is 4.11. The summed E-state index contributed by atoms with van der Waals surface area (Å²) in [6.07, 6.45) is 43.5. The number of ketones is 2. The molecule has 49 heavy (non-hydrogen) atoms. The Morgan fingerprint density at radius 1 is 0.551 bits per heavy atom. The standard InChI is InChI=1S/C43H71NO5/c1-5-7-9-11-13-15-17-19-21-23-25-27-29-31-33-35-40(45)39(38-49-42(47)37-44(3)4)43(48)41(46)36-34-32-30-28-26-24-22-20-18-16-14-12-10-8-6-2/h7-10,13-16,19-22,39,43,48H,5-6,11-12,17-18,23-38H2,1-4H3/b9-7-,10-8-,15-13-,16-14-,21-19-,22-20-. The molecule has 1 N–H and O–H groups in total. The molecule has 0 saturated carbocycles. The van der Waals surface area contributed by atoms with Gasteiger partial charge >= 0.3 is 5.97 Å². The molecule has 0 fully saturated rings. The number of nitrogens with zero attached hydrogens (tertiary/aromatic N) is 1. The van der Waals surface area contributed by atoms with Gasteiger partial charge in [-0.2, -0.15) is 0 Å². The van der Waals surface area contributed by atoms with E-state index in [4.69, 9.17) is 4.74 Å². The van der Waals surface area contributed by atoms with E-state index in [9.17, 15) is 19.5 Å². The zero-order valence-electron chi connectivity index (χ0n) is 31.7. The summed E-state index contributed by atoms with van der Waals surface area (Å²) < 4.78 is 5.33. The molecular weight excluding hydrogens is 610 g/mol. The molecule has 0 bridgehead atoms. The monoisotopic (exact) mass is 682 g/mol. The van der Waals surface area contributed by atoms with Crippen LogP contribution in [0.4, 0.5) is 0 Å². The summed E-state index contributed by atoms with van der Waals surface area (Å²) in [7, 11) is 3.52.